The maximum atomic E-state index is 13.7. The molecule has 2 aromatic carbocycles. The lowest BCUT2D eigenvalue weighted by Gasteiger charge is -2.27. The van der Waals surface area contributed by atoms with Gasteiger partial charge in [-0.2, -0.15) is 0 Å². The monoisotopic (exact) mass is 265 g/mol. The van der Waals surface area contributed by atoms with Gasteiger partial charge in [0, 0.05) is 11.6 Å². The highest BCUT2D eigenvalue weighted by molar-refractivity contribution is 5.58. The van der Waals surface area contributed by atoms with Crippen molar-refractivity contribution in [3.05, 3.63) is 59.4 Å². The van der Waals surface area contributed by atoms with Crippen LogP contribution in [0.15, 0.2) is 36.4 Å². The van der Waals surface area contributed by atoms with Gasteiger partial charge in [-0.1, -0.05) is 0 Å². The standard InChI is InChI=1S/C14H10F3NO/c15-8-1-3-11(17)10(5-8)14-7-18-12-6-9(16)2-4-13(12)19-14/h1-6,14,18H,7H2. The number of hydrogen-bond donors (Lipinski definition) is 1. The van der Waals surface area contributed by atoms with Crippen molar-refractivity contribution in [2.45, 2.75) is 6.10 Å². The highest BCUT2D eigenvalue weighted by atomic mass is 19.1. The SMILES string of the molecule is Fc1ccc2c(c1)NCC(c1cc(F)ccc1F)O2. The predicted octanol–water partition coefficient (Wildman–Crippen LogP) is 3.65. The average molecular weight is 265 g/mol. The summed E-state index contributed by atoms with van der Waals surface area (Å²) in [5.74, 6) is -1.02. The van der Waals surface area contributed by atoms with E-state index in [2.05, 4.69) is 5.32 Å². The summed E-state index contributed by atoms with van der Waals surface area (Å²) in [7, 11) is 0. The van der Waals surface area contributed by atoms with E-state index in [0.717, 1.165) is 18.2 Å². The molecular weight excluding hydrogens is 255 g/mol. The zero-order valence-electron chi connectivity index (χ0n) is 9.79. The zero-order valence-corrected chi connectivity index (χ0v) is 9.79. The van der Waals surface area contributed by atoms with Crippen LogP contribution >= 0.6 is 0 Å². The number of ether oxygens (including phenoxy) is 1. The van der Waals surface area contributed by atoms with Gasteiger partial charge in [0.05, 0.1) is 12.2 Å². The van der Waals surface area contributed by atoms with Gasteiger partial charge in [0.2, 0.25) is 0 Å². The average Bonchev–Trinajstić information content (AvgIpc) is 2.41. The van der Waals surface area contributed by atoms with E-state index in [-0.39, 0.29) is 17.9 Å². The van der Waals surface area contributed by atoms with Gasteiger partial charge in [-0.3, -0.25) is 0 Å². The third kappa shape index (κ3) is 2.23. The zero-order chi connectivity index (χ0) is 13.4. The number of nitrogens with one attached hydrogen (secondary N) is 1. The molecule has 0 saturated heterocycles. The molecule has 0 spiro atoms. The van der Waals surface area contributed by atoms with Gasteiger partial charge in [-0.15, -0.1) is 0 Å². The molecule has 0 saturated carbocycles. The minimum absolute atomic E-state index is 0.141. The van der Waals surface area contributed by atoms with Gasteiger partial charge < -0.3 is 10.1 Å². The van der Waals surface area contributed by atoms with Gasteiger partial charge in [0.15, 0.2) is 0 Å². The molecule has 1 atom stereocenters. The third-order valence-electron chi connectivity index (χ3n) is 2.99. The van der Waals surface area contributed by atoms with Crippen LogP contribution in [-0.4, -0.2) is 6.54 Å². The summed E-state index contributed by atoms with van der Waals surface area (Å²) in [5.41, 5.74) is 0.649. The Morgan fingerprint density at radius 2 is 1.74 bits per heavy atom. The quantitative estimate of drug-likeness (QED) is 0.849. The summed E-state index contributed by atoms with van der Waals surface area (Å²) in [6, 6.07) is 7.24. The Labute approximate surface area is 107 Å². The van der Waals surface area contributed by atoms with E-state index in [9.17, 15) is 13.2 Å². The van der Waals surface area contributed by atoms with Gasteiger partial charge in [-0.05, 0) is 30.3 Å². The lowest BCUT2D eigenvalue weighted by Crippen LogP contribution is -2.24. The Morgan fingerprint density at radius 1 is 1.00 bits per heavy atom. The van der Waals surface area contributed by atoms with Crippen LogP contribution < -0.4 is 10.1 Å². The molecule has 0 radical (unpaired) electrons. The van der Waals surface area contributed by atoms with Crippen LogP contribution in [0.5, 0.6) is 5.75 Å². The first-order valence-corrected chi connectivity index (χ1v) is 5.78. The van der Waals surface area contributed by atoms with Crippen molar-refractivity contribution in [2.24, 2.45) is 0 Å². The molecule has 1 N–H and O–H groups in total. The fourth-order valence-electron chi connectivity index (χ4n) is 2.08. The molecule has 5 heteroatoms. The van der Waals surface area contributed by atoms with Crippen molar-refractivity contribution < 1.29 is 17.9 Å². The first-order valence-electron chi connectivity index (χ1n) is 5.78. The Bertz CT molecular complexity index is 630. The summed E-state index contributed by atoms with van der Waals surface area (Å²) < 4.78 is 45.4. The number of benzene rings is 2. The first kappa shape index (κ1) is 11.9. The van der Waals surface area contributed by atoms with E-state index >= 15 is 0 Å². The van der Waals surface area contributed by atoms with Crippen LogP contribution in [0.4, 0.5) is 18.9 Å². The highest BCUT2D eigenvalue weighted by Crippen LogP contribution is 2.35. The maximum absolute atomic E-state index is 13.7. The Hall–Kier alpha value is -2.17. The van der Waals surface area contributed by atoms with Crippen LogP contribution in [-0.2, 0) is 0 Å². The Balaban J connectivity index is 1.93. The molecule has 0 fully saturated rings. The number of anilines is 1. The lowest BCUT2D eigenvalue weighted by molar-refractivity contribution is 0.204. The van der Waals surface area contributed by atoms with Gasteiger partial charge in [0.1, 0.15) is 29.3 Å². The third-order valence-corrected chi connectivity index (χ3v) is 2.99. The van der Waals surface area contributed by atoms with Crippen LogP contribution in [0, 0.1) is 17.5 Å². The molecule has 1 heterocycles. The van der Waals surface area contributed by atoms with Crippen LogP contribution in [0.3, 0.4) is 0 Å². The lowest BCUT2D eigenvalue weighted by atomic mass is 10.1. The Morgan fingerprint density at radius 3 is 2.58 bits per heavy atom. The van der Waals surface area contributed by atoms with Crippen LogP contribution in [0.2, 0.25) is 0 Å². The highest BCUT2D eigenvalue weighted by Gasteiger charge is 2.24. The normalized spacial score (nSPS) is 17.3. The smallest absolute Gasteiger partial charge is 0.144 e. The van der Waals surface area contributed by atoms with Crippen molar-refractivity contribution in [3.8, 4) is 5.75 Å². The van der Waals surface area contributed by atoms with Crippen molar-refractivity contribution in [3.63, 3.8) is 0 Å². The van der Waals surface area contributed by atoms with Crippen molar-refractivity contribution in [2.75, 3.05) is 11.9 Å². The molecule has 98 valence electrons. The summed E-state index contributed by atoms with van der Waals surface area (Å²) in [5, 5.41) is 2.94. The second kappa shape index (κ2) is 4.50. The Kier molecular flexibility index (Phi) is 2.81. The molecule has 0 amide bonds. The molecule has 0 aromatic heterocycles. The molecule has 1 aliphatic rings. The number of fused-ring (bicyclic) bond motifs is 1. The summed E-state index contributed by atoms with van der Waals surface area (Å²) in [6.45, 7) is 0.247. The van der Waals surface area contributed by atoms with E-state index in [1.165, 1.54) is 18.2 Å². The second-order valence-corrected chi connectivity index (χ2v) is 4.29. The largest absolute Gasteiger partial charge is 0.482 e. The van der Waals surface area contributed by atoms with Crippen molar-refractivity contribution in [1.29, 1.82) is 0 Å². The van der Waals surface area contributed by atoms with E-state index in [0.29, 0.717) is 11.4 Å². The molecule has 19 heavy (non-hydrogen) atoms. The molecular formula is C14H10F3NO. The van der Waals surface area contributed by atoms with E-state index in [4.69, 9.17) is 4.74 Å². The first-order chi connectivity index (χ1) is 9.13. The van der Waals surface area contributed by atoms with Gasteiger partial charge >= 0.3 is 0 Å². The fraction of sp³-hybridized carbons (Fsp3) is 0.143. The van der Waals surface area contributed by atoms with Crippen molar-refractivity contribution >= 4 is 5.69 Å². The second-order valence-electron chi connectivity index (χ2n) is 4.29. The molecule has 1 unspecified atom stereocenters. The molecule has 0 bridgehead atoms. The van der Waals surface area contributed by atoms with Crippen molar-refractivity contribution in [1.82, 2.24) is 0 Å². The summed E-state index contributed by atoms with van der Waals surface area (Å²) in [4.78, 5) is 0. The minimum atomic E-state index is -0.645. The van der Waals surface area contributed by atoms with Gasteiger partial charge in [-0.25, -0.2) is 13.2 Å². The number of halogens is 3. The molecule has 0 aliphatic carbocycles. The van der Waals surface area contributed by atoms with E-state index in [1.807, 2.05) is 0 Å². The summed E-state index contributed by atoms with van der Waals surface area (Å²) >= 11 is 0. The molecule has 2 nitrogen and oxygen atoms in total. The van der Waals surface area contributed by atoms with E-state index in [1.54, 1.807) is 0 Å². The minimum Gasteiger partial charge on any atom is -0.482 e. The molecule has 1 aliphatic heterocycles. The topological polar surface area (TPSA) is 21.3 Å². The van der Waals surface area contributed by atoms with E-state index < -0.39 is 17.7 Å². The summed E-state index contributed by atoms with van der Waals surface area (Å²) in [6.07, 6.45) is -0.645. The van der Waals surface area contributed by atoms with Crippen LogP contribution in [0.25, 0.3) is 0 Å². The number of hydrogen-bond acceptors (Lipinski definition) is 2. The number of rotatable bonds is 1. The molecule has 2 aromatic rings. The molecule has 3 rings (SSSR count). The van der Waals surface area contributed by atoms with Gasteiger partial charge in [0.25, 0.3) is 0 Å². The predicted molar refractivity (Wildman–Crippen MR) is 64.6 cm³/mol. The van der Waals surface area contributed by atoms with Crippen LogP contribution in [0.1, 0.15) is 11.7 Å². The maximum Gasteiger partial charge on any atom is 0.144 e. The fourth-order valence-corrected chi connectivity index (χ4v) is 2.08.